The standard InChI is InChI=1S/C17H29NO2Si2/c1-14(18(21(3,4)5)22(6,7)8)15(2)20-17(19)16-12-10-9-11-13-16/h9-13H,1-8H3/b15-14-. The fourth-order valence-corrected chi connectivity index (χ4v) is 13.4. The molecule has 0 fully saturated rings. The van der Waals surface area contributed by atoms with Gasteiger partial charge in [-0.3, -0.25) is 0 Å². The summed E-state index contributed by atoms with van der Waals surface area (Å²) in [7, 11) is -3.06. The molecule has 0 aliphatic heterocycles. The van der Waals surface area contributed by atoms with Gasteiger partial charge >= 0.3 is 5.97 Å². The number of esters is 1. The SMILES string of the molecule is C/C(OC(=O)c1ccccc1)=C(\C)N([Si](C)(C)C)[Si](C)(C)C. The minimum absolute atomic E-state index is 0.288. The number of carbonyl (C=O) groups is 1. The summed E-state index contributed by atoms with van der Waals surface area (Å²) >= 11 is 0. The summed E-state index contributed by atoms with van der Waals surface area (Å²) in [5.41, 5.74) is 1.69. The van der Waals surface area contributed by atoms with Crippen molar-refractivity contribution in [1.82, 2.24) is 4.23 Å². The van der Waals surface area contributed by atoms with Gasteiger partial charge in [0.05, 0.1) is 5.56 Å². The van der Waals surface area contributed by atoms with E-state index in [1.165, 1.54) is 0 Å². The van der Waals surface area contributed by atoms with Crippen LogP contribution in [-0.4, -0.2) is 26.7 Å². The lowest BCUT2D eigenvalue weighted by Crippen LogP contribution is -2.58. The van der Waals surface area contributed by atoms with Crippen molar-refractivity contribution in [3.8, 4) is 0 Å². The molecule has 3 nitrogen and oxygen atoms in total. The molecule has 22 heavy (non-hydrogen) atoms. The maximum absolute atomic E-state index is 12.2. The third-order valence-electron chi connectivity index (χ3n) is 3.44. The Bertz CT molecular complexity index is 540. The van der Waals surface area contributed by atoms with Crippen LogP contribution in [0, 0.1) is 0 Å². The lowest BCUT2D eigenvalue weighted by atomic mass is 10.2. The van der Waals surface area contributed by atoms with Crippen LogP contribution in [-0.2, 0) is 4.74 Å². The number of ether oxygens (including phenoxy) is 1. The molecule has 5 heteroatoms. The summed E-state index contributed by atoms with van der Waals surface area (Å²) in [6, 6.07) is 9.14. The van der Waals surface area contributed by atoms with E-state index in [-0.39, 0.29) is 5.97 Å². The predicted octanol–water partition coefficient (Wildman–Crippen LogP) is 5.07. The lowest BCUT2D eigenvalue weighted by molar-refractivity contribution is 0.0619. The molecule has 122 valence electrons. The normalized spacial score (nSPS) is 13.5. The van der Waals surface area contributed by atoms with Crippen LogP contribution in [0.3, 0.4) is 0 Å². The molecule has 1 rings (SSSR count). The third-order valence-corrected chi connectivity index (χ3v) is 10.8. The van der Waals surface area contributed by atoms with Crippen molar-refractivity contribution in [3.63, 3.8) is 0 Å². The first kappa shape index (κ1) is 18.7. The Balaban J connectivity index is 3.07. The number of benzene rings is 1. The highest BCUT2D eigenvalue weighted by Crippen LogP contribution is 2.27. The average Bonchev–Trinajstić information content (AvgIpc) is 2.36. The van der Waals surface area contributed by atoms with Crippen LogP contribution in [0.25, 0.3) is 0 Å². The molecule has 0 aliphatic carbocycles. The zero-order valence-corrected chi connectivity index (χ0v) is 17.2. The summed E-state index contributed by atoms with van der Waals surface area (Å²) in [4.78, 5) is 12.2. The molecule has 0 radical (unpaired) electrons. The second-order valence-corrected chi connectivity index (χ2v) is 17.6. The molecule has 0 saturated carbocycles. The topological polar surface area (TPSA) is 29.5 Å². The number of hydrogen-bond acceptors (Lipinski definition) is 3. The summed E-state index contributed by atoms with van der Waals surface area (Å²) in [6.45, 7) is 18.0. The van der Waals surface area contributed by atoms with Gasteiger partial charge in [0.1, 0.15) is 22.2 Å². The average molecular weight is 336 g/mol. The molecule has 0 unspecified atom stereocenters. The van der Waals surface area contributed by atoms with E-state index in [0.717, 1.165) is 5.70 Å². The second-order valence-electron chi connectivity index (χ2n) is 7.57. The highest BCUT2D eigenvalue weighted by atomic mass is 28.4. The van der Waals surface area contributed by atoms with E-state index in [4.69, 9.17) is 4.74 Å². The molecule has 0 N–H and O–H groups in total. The van der Waals surface area contributed by atoms with Crippen LogP contribution in [0.4, 0.5) is 0 Å². The van der Waals surface area contributed by atoms with Crippen LogP contribution in [0.1, 0.15) is 24.2 Å². The summed E-state index contributed by atoms with van der Waals surface area (Å²) in [6.07, 6.45) is 0. The van der Waals surface area contributed by atoms with Gasteiger partial charge < -0.3 is 8.97 Å². The number of carbonyl (C=O) groups excluding carboxylic acids is 1. The first-order valence-corrected chi connectivity index (χ1v) is 14.6. The Morgan fingerprint density at radius 1 is 0.909 bits per heavy atom. The minimum Gasteiger partial charge on any atom is -0.426 e. The van der Waals surface area contributed by atoms with Gasteiger partial charge in [0.15, 0.2) is 0 Å². The quantitative estimate of drug-likeness (QED) is 0.427. The van der Waals surface area contributed by atoms with Gasteiger partial charge in [-0.2, -0.15) is 0 Å². The molecule has 0 bridgehead atoms. The van der Waals surface area contributed by atoms with Crippen molar-refractivity contribution in [2.45, 2.75) is 53.1 Å². The zero-order valence-electron chi connectivity index (χ0n) is 15.2. The first-order chi connectivity index (χ1) is 9.94. The van der Waals surface area contributed by atoms with Crippen molar-refractivity contribution in [1.29, 1.82) is 0 Å². The van der Waals surface area contributed by atoms with Crippen molar-refractivity contribution in [3.05, 3.63) is 47.4 Å². The van der Waals surface area contributed by atoms with Crippen molar-refractivity contribution >= 4 is 22.4 Å². The van der Waals surface area contributed by atoms with Gasteiger partial charge in [-0.1, -0.05) is 57.5 Å². The number of rotatable bonds is 5. The van der Waals surface area contributed by atoms with Gasteiger partial charge in [0.2, 0.25) is 0 Å². The van der Waals surface area contributed by atoms with Gasteiger partial charge in [-0.05, 0) is 26.0 Å². The molecule has 0 atom stereocenters. The van der Waals surface area contributed by atoms with Gasteiger partial charge in [-0.15, -0.1) is 0 Å². The highest BCUT2D eigenvalue weighted by molar-refractivity contribution is 6.90. The minimum atomic E-state index is -1.53. The van der Waals surface area contributed by atoms with Crippen molar-refractivity contribution < 1.29 is 9.53 Å². The number of allylic oxidation sites excluding steroid dienone is 2. The molecule has 0 aliphatic rings. The summed E-state index contributed by atoms with van der Waals surface area (Å²) in [5, 5.41) is 0. The lowest BCUT2D eigenvalue weighted by Gasteiger charge is -2.46. The van der Waals surface area contributed by atoms with E-state index in [1.54, 1.807) is 12.1 Å². The molecular formula is C17H29NO2Si2. The van der Waals surface area contributed by atoms with Crippen molar-refractivity contribution in [2.75, 3.05) is 0 Å². The first-order valence-electron chi connectivity index (χ1n) is 7.69. The predicted molar refractivity (Wildman–Crippen MR) is 98.8 cm³/mol. The Morgan fingerprint density at radius 2 is 1.36 bits per heavy atom. The van der Waals surface area contributed by atoms with Crippen molar-refractivity contribution in [2.24, 2.45) is 0 Å². The molecule has 0 aromatic heterocycles. The molecule has 0 saturated heterocycles. The fourth-order valence-electron chi connectivity index (χ4n) is 3.02. The van der Waals surface area contributed by atoms with Crippen LogP contribution < -0.4 is 0 Å². The molecule has 0 heterocycles. The molecular weight excluding hydrogens is 306 g/mol. The molecule has 0 amide bonds. The summed E-state index contributed by atoms with van der Waals surface area (Å²) in [5.74, 6) is 0.419. The Kier molecular flexibility index (Phi) is 5.81. The van der Waals surface area contributed by atoms with Crippen LogP contribution in [0.5, 0.6) is 0 Å². The maximum Gasteiger partial charge on any atom is 0.343 e. The second kappa shape index (κ2) is 6.83. The van der Waals surface area contributed by atoms with Crippen LogP contribution >= 0.6 is 0 Å². The van der Waals surface area contributed by atoms with E-state index in [2.05, 4.69) is 50.4 Å². The van der Waals surface area contributed by atoms with E-state index in [1.807, 2.05) is 25.1 Å². The van der Waals surface area contributed by atoms with Gasteiger partial charge in [-0.25, -0.2) is 4.79 Å². The molecule has 0 spiro atoms. The smallest absolute Gasteiger partial charge is 0.343 e. The Labute approximate surface area is 137 Å². The van der Waals surface area contributed by atoms with E-state index >= 15 is 0 Å². The van der Waals surface area contributed by atoms with Crippen LogP contribution in [0.2, 0.25) is 39.3 Å². The number of hydrogen-bond donors (Lipinski definition) is 0. The Hall–Kier alpha value is -1.34. The fraction of sp³-hybridized carbons (Fsp3) is 0.471. The highest BCUT2D eigenvalue weighted by Gasteiger charge is 2.35. The monoisotopic (exact) mass is 335 g/mol. The maximum atomic E-state index is 12.2. The number of nitrogens with zero attached hydrogens (tertiary/aromatic N) is 1. The van der Waals surface area contributed by atoms with Gasteiger partial charge in [0.25, 0.3) is 0 Å². The van der Waals surface area contributed by atoms with E-state index < -0.39 is 16.5 Å². The van der Waals surface area contributed by atoms with Crippen LogP contribution in [0.15, 0.2) is 41.8 Å². The largest absolute Gasteiger partial charge is 0.426 e. The molecule has 1 aromatic rings. The van der Waals surface area contributed by atoms with E-state index in [0.29, 0.717) is 11.3 Å². The van der Waals surface area contributed by atoms with E-state index in [9.17, 15) is 4.79 Å². The Morgan fingerprint density at radius 3 is 1.77 bits per heavy atom. The molecule has 1 aromatic carbocycles. The third kappa shape index (κ3) is 4.85. The van der Waals surface area contributed by atoms with Gasteiger partial charge in [0, 0.05) is 5.70 Å². The summed E-state index contributed by atoms with van der Waals surface area (Å²) < 4.78 is 8.18. The zero-order chi connectivity index (χ0) is 17.1.